The van der Waals surface area contributed by atoms with Gasteiger partial charge in [-0.1, -0.05) is 0 Å². The van der Waals surface area contributed by atoms with Gasteiger partial charge in [-0.2, -0.15) is 0 Å². The molecule has 0 radical (unpaired) electrons. The standard InChI is InChI=1S/C12H17ClN2O2/c13-11-10(4-9-17-11)12(16)14-5-3-8-15-6-1-2-7-15/h4,9H,1-3,5-8H2,(H,14,16). The molecule has 1 saturated heterocycles. The van der Waals surface area contributed by atoms with Gasteiger partial charge in [-0.15, -0.1) is 0 Å². The van der Waals surface area contributed by atoms with Gasteiger partial charge in [0, 0.05) is 6.54 Å². The summed E-state index contributed by atoms with van der Waals surface area (Å²) in [7, 11) is 0. The highest BCUT2D eigenvalue weighted by molar-refractivity contribution is 6.32. The number of nitrogens with one attached hydrogen (secondary N) is 1. The number of amides is 1. The Hall–Kier alpha value is -1.00. The minimum atomic E-state index is -0.162. The van der Waals surface area contributed by atoms with Gasteiger partial charge in [0.15, 0.2) is 0 Å². The van der Waals surface area contributed by atoms with E-state index in [1.807, 2.05) is 0 Å². The molecule has 1 aromatic rings. The van der Waals surface area contributed by atoms with E-state index < -0.39 is 0 Å². The molecule has 2 rings (SSSR count). The quantitative estimate of drug-likeness (QED) is 0.821. The van der Waals surface area contributed by atoms with Crippen LogP contribution in [0.25, 0.3) is 0 Å². The molecule has 0 saturated carbocycles. The molecular weight excluding hydrogens is 240 g/mol. The summed E-state index contributed by atoms with van der Waals surface area (Å²) in [6, 6.07) is 1.58. The minimum absolute atomic E-state index is 0.155. The topological polar surface area (TPSA) is 45.5 Å². The van der Waals surface area contributed by atoms with Crippen LogP contribution in [0.1, 0.15) is 29.6 Å². The second-order valence-electron chi connectivity index (χ2n) is 4.27. The summed E-state index contributed by atoms with van der Waals surface area (Å²) < 4.78 is 4.87. The van der Waals surface area contributed by atoms with Crippen molar-refractivity contribution in [3.63, 3.8) is 0 Å². The first-order chi connectivity index (χ1) is 8.27. The van der Waals surface area contributed by atoms with E-state index in [4.69, 9.17) is 16.0 Å². The van der Waals surface area contributed by atoms with Gasteiger partial charge in [-0.05, 0) is 56.6 Å². The van der Waals surface area contributed by atoms with Gasteiger partial charge in [-0.3, -0.25) is 4.79 Å². The van der Waals surface area contributed by atoms with Crippen molar-refractivity contribution in [2.45, 2.75) is 19.3 Å². The Morgan fingerprint density at radius 3 is 2.88 bits per heavy atom. The van der Waals surface area contributed by atoms with Gasteiger partial charge in [0.2, 0.25) is 5.22 Å². The first-order valence-corrected chi connectivity index (χ1v) is 6.39. The second kappa shape index (κ2) is 6.07. The minimum Gasteiger partial charge on any atom is -0.452 e. The number of carbonyl (C=O) groups is 1. The van der Waals surface area contributed by atoms with Gasteiger partial charge in [0.25, 0.3) is 5.91 Å². The van der Waals surface area contributed by atoms with E-state index in [2.05, 4.69) is 10.2 Å². The largest absolute Gasteiger partial charge is 0.452 e. The zero-order chi connectivity index (χ0) is 12.1. The van der Waals surface area contributed by atoms with Gasteiger partial charge in [0.05, 0.1) is 11.8 Å². The number of likely N-dealkylation sites (tertiary alicyclic amines) is 1. The molecule has 2 heterocycles. The van der Waals surface area contributed by atoms with Crippen LogP contribution in [-0.4, -0.2) is 37.0 Å². The molecule has 1 aromatic heterocycles. The lowest BCUT2D eigenvalue weighted by atomic mass is 10.3. The van der Waals surface area contributed by atoms with Crippen molar-refractivity contribution < 1.29 is 9.21 Å². The maximum Gasteiger partial charge on any atom is 0.256 e. The molecule has 1 aliphatic heterocycles. The van der Waals surface area contributed by atoms with Crippen molar-refractivity contribution in [2.75, 3.05) is 26.2 Å². The first-order valence-electron chi connectivity index (χ1n) is 6.01. The van der Waals surface area contributed by atoms with E-state index in [0.29, 0.717) is 12.1 Å². The van der Waals surface area contributed by atoms with Crippen molar-refractivity contribution in [3.05, 3.63) is 23.1 Å². The molecule has 0 unspecified atom stereocenters. The van der Waals surface area contributed by atoms with Crippen LogP contribution in [0.2, 0.25) is 5.22 Å². The summed E-state index contributed by atoms with van der Waals surface area (Å²) in [5, 5.41) is 2.99. The zero-order valence-electron chi connectivity index (χ0n) is 9.75. The number of halogens is 1. The highest BCUT2D eigenvalue weighted by Crippen LogP contribution is 2.16. The Morgan fingerprint density at radius 1 is 1.47 bits per heavy atom. The van der Waals surface area contributed by atoms with Crippen LogP contribution in [0.15, 0.2) is 16.7 Å². The van der Waals surface area contributed by atoms with E-state index in [-0.39, 0.29) is 11.1 Å². The lowest BCUT2D eigenvalue weighted by Gasteiger charge is -2.14. The van der Waals surface area contributed by atoms with Crippen molar-refractivity contribution >= 4 is 17.5 Å². The molecule has 1 aliphatic rings. The molecule has 0 aliphatic carbocycles. The Kier molecular flexibility index (Phi) is 4.45. The maximum absolute atomic E-state index is 11.7. The van der Waals surface area contributed by atoms with Crippen molar-refractivity contribution in [2.24, 2.45) is 0 Å². The Bertz CT molecular complexity index is 372. The molecule has 0 spiro atoms. The molecule has 0 atom stereocenters. The predicted molar refractivity (Wildman–Crippen MR) is 66.3 cm³/mol. The summed E-state index contributed by atoms with van der Waals surface area (Å²) in [4.78, 5) is 14.1. The molecule has 94 valence electrons. The number of hydrogen-bond acceptors (Lipinski definition) is 3. The van der Waals surface area contributed by atoms with Crippen LogP contribution in [0, 0.1) is 0 Å². The zero-order valence-corrected chi connectivity index (χ0v) is 10.5. The van der Waals surface area contributed by atoms with Crippen LogP contribution in [0.5, 0.6) is 0 Å². The molecule has 1 amide bonds. The average Bonchev–Trinajstić information content (AvgIpc) is 2.95. The van der Waals surface area contributed by atoms with Crippen LogP contribution in [0.3, 0.4) is 0 Å². The fourth-order valence-electron chi connectivity index (χ4n) is 2.06. The van der Waals surface area contributed by atoms with Crippen molar-refractivity contribution in [1.82, 2.24) is 10.2 Å². The number of nitrogens with zero attached hydrogens (tertiary/aromatic N) is 1. The number of rotatable bonds is 5. The summed E-state index contributed by atoms with van der Waals surface area (Å²) in [6.07, 6.45) is 5.00. The fourth-order valence-corrected chi connectivity index (χ4v) is 2.26. The first kappa shape index (κ1) is 12.5. The molecule has 0 aromatic carbocycles. The Morgan fingerprint density at radius 2 is 2.24 bits per heavy atom. The van der Waals surface area contributed by atoms with Crippen LogP contribution in [-0.2, 0) is 0 Å². The van der Waals surface area contributed by atoms with Gasteiger partial charge >= 0.3 is 0 Å². The van der Waals surface area contributed by atoms with Crippen LogP contribution in [0.4, 0.5) is 0 Å². The van der Waals surface area contributed by atoms with E-state index in [9.17, 15) is 4.79 Å². The normalized spacial score (nSPS) is 16.3. The third-order valence-corrected chi connectivity index (χ3v) is 3.29. The molecule has 1 fully saturated rings. The molecule has 0 bridgehead atoms. The number of carbonyl (C=O) groups excluding carboxylic acids is 1. The monoisotopic (exact) mass is 256 g/mol. The molecule has 5 heteroatoms. The van der Waals surface area contributed by atoms with E-state index in [0.717, 1.165) is 13.0 Å². The summed E-state index contributed by atoms with van der Waals surface area (Å²) >= 11 is 5.72. The third kappa shape index (κ3) is 3.48. The fraction of sp³-hybridized carbons (Fsp3) is 0.583. The van der Waals surface area contributed by atoms with Crippen molar-refractivity contribution in [3.8, 4) is 0 Å². The summed E-state index contributed by atoms with van der Waals surface area (Å²) in [5.41, 5.74) is 0.410. The highest BCUT2D eigenvalue weighted by Gasteiger charge is 2.13. The Balaban J connectivity index is 1.65. The molecule has 4 nitrogen and oxygen atoms in total. The SMILES string of the molecule is O=C(NCCCN1CCCC1)c1ccoc1Cl. The number of furan rings is 1. The van der Waals surface area contributed by atoms with Gasteiger partial charge in [-0.25, -0.2) is 0 Å². The molecule has 1 N–H and O–H groups in total. The molecule has 17 heavy (non-hydrogen) atoms. The lowest BCUT2D eigenvalue weighted by Crippen LogP contribution is -2.28. The van der Waals surface area contributed by atoms with Crippen molar-refractivity contribution in [1.29, 1.82) is 0 Å². The smallest absolute Gasteiger partial charge is 0.256 e. The average molecular weight is 257 g/mol. The summed E-state index contributed by atoms with van der Waals surface area (Å²) in [5.74, 6) is -0.162. The summed E-state index contributed by atoms with van der Waals surface area (Å²) in [6.45, 7) is 4.12. The highest BCUT2D eigenvalue weighted by atomic mass is 35.5. The molecular formula is C12H17ClN2O2. The van der Waals surface area contributed by atoms with Crippen LogP contribution >= 0.6 is 11.6 Å². The van der Waals surface area contributed by atoms with Gasteiger partial charge in [0.1, 0.15) is 0 Å². The lowest BCUT2D eigenvalue weighted by molar-refractivity contribution is 0.0951. The third-order valence-electron chi connectivity index (χ3n) is 3.00. The van der Waals surface area contributed by atoms with Crippen LogP contribution < -0.4 is 5.32 Å². The maximum atomic E-state index is 11.7. The Labute approximate surface area is 106 Å². The van der Waals surface area contributed by atoms with E-state index >= 15 is 0 Å². The predicted octanol–water partition coefficient (Wildman–Crippen LogP) is 2.15. The van der Waals surface area contributed by atoms with E-state index in [1.54, 1.807) is 6.07 Å². The van der Waals surface area contributed by atoms with Gasteiger partial charge < -0.3 is 14.6 Å². The number of hydrogen-bond donors (Lipinski definition) is 1. The second-order valence-corrected chi connectivity index (χ2v) is 4.61. The van der Waals surface area contributed by atoms with E-state index in [1.165, 1.54) is 32.2 Å².